The molecule has 156 valence electrons. The van der Waals surface area contributed by atoms with Crippen LogP contribution >= 0.6 is 0 Å². The van der Waals surface area contributed by atoms with E-state index in [9.17, 15) is 18.0 Å². The zero-order chi connectivity index (χ0) is 21.4. The van der Waals surface area contributed by atoms with Gasteiger partial charge in [-0.05, 0) is 37.1 Å². The highest BCUT2D eigenvalue weighted by molar-refractivity contribution is 7.89. The molecule has 0 aliphatic rings. The molecule has 2 rings (SSSR count). The predicted molar refractivity (Wildman–Crippen MR) is 110 cm³/mol. The summed E-state index contributed by atoms with van der Waals surface area (Å²) >= 11 is 0. The van der Waals surface area contributed by atoms with E-state index in [0.717, 1.165) is 9.87 Å². The van der Waals surface area contributed by atoms with Crippen LogP contribution in [0.15, 0.2) is 53.4 Å². The summed E-state index contributed by atoms with van der Waals surface area (Å²) in [6, 6.07) is 13.7. The van der Waals surface area contributed by atoms with Gasteiger partial charge in [0.25, 0.3) is 0 Å². The molecule has 0 unspecified atom stereocenters. The molecule has 1 N–H and O–H groups in total. The first-order valence-electron chi connectivity index (χ1n) is 9.22. The number of nitrogens with one attached hydrogen (secondary N) is 1. The Balaban J connectivity index is 1.77. The number of hydrogen-bond acceptors (Lipinski definition) is 5. The summed E-state index contributed by atoms with van der Waals surface area (Å²) in [7, 11) is -0.796. The molecule has 8 heteroatoms. The number of benzene rings is 2. The fraction of sp³-hybridized carbons (Fsp3) is 0.333. The Morgan fingerprint density at radius 2 is 1.76 bits per heavy atom. The SMILES string of the molecule is Cc1ccc(CCC(=O)NCCOC(=O)c2cccc(S(=O)(=O)N(C)C)c2)cc1. The van der Waals surface area contributed by atoms with Crippen molar-refractivity contribution < 1.29 is 22.7 Å². The first kappa shape index (κ1) is 22.6. The monoisotopic (exact) mass is 418 g/mol. The zero-order valence-corrected chi connectivity index (χ0v) is 17.7. The predicted octanol–water partition coefficient (Wildman–Crippen LogP) is 2.15. The number of ether oxygens (including phenoxy) is 1. The van der Waals surface area contributed by atoms with Gasteiger partial charge in [-0.1, -0.05) is 35.9 Å². The molecule has 0 atom stereocenters. The maximum atomic E-state index is 12.1. The Hall–Kier alpha value is -2.71. The van der Waals surface area contributed by atoms with E-state index < -0.39 is 16.0 Å². The highest BCUT2D eigenvalue weighted by Gasteiger charge is 2.19. The summed E-state index contributed by atoms with van der Waals surface area (Å²) in [6.45, 7) is 2.20. The van der Waals surface area contributed by atoms with Crippen LogP contribution in [0.4, 0.5) is 0 Å². The molecule has 1 amide bonds. The van der Waals surface area contributed by atoms with Gasteiger partial charge in [0, 0.05) is 20.5 Å². The number of esters is 1. The smallest absolute Gasteiger partial charge is 0.338 e. The second-order valence-corrected chi connectivity index (χ2v) is 8.94. The number of carbonyl (C=O) groups excluding carboxylic acids is 2. The van der Waals surface area contributed by atoms with E-state index in [1.807, 2.05) is 31.2 Å². The summed E-state index contributed by atoms with van der Waals surface area (Å²) in [4.78, 5) is 24.0. The van der Waals surface area contributed by atoms with Crippen LogP contribution in [-0.4, -0.2) is 51.8 Å². The van der Waals surface area contributed by atoms with Crippen molar-refractivity contribution in [3.63, 3.8) is 0 Å². The lowest BCUT2D eigenvalue weighted by Gasteiger charge is -2.12. The van der Waals surface area contributed by atoms with Crippen LogP contribution in [0.1, 0.15) is 27.9 Å². The van der Waals surface area contributed by atoms with Gasteiger partial charge < -0.3 is 10.1 Å². The topological polar surface area (TPSA) is 92.8 Å². The lowest BCUT2D eigenvalue weighted by Crippen LogP contribution is -2.28. The molecule has 7 nitrogen and oxygen atoms in total. The Bertz CT molecular complexity index is 953. The van der Waals surface area contributed by atoms with Gasteiger partial charge >= 0.3 is 5.97 Å². The first-order valence-corrected chi connectivity index (χ1v) is 10.7. The maximum absolute atomic E-state index is 12.1. The highest BCUT2D eigenvalue weighted by Crippen LogP contribution is 2.15. The Labute approximate surface area is 171 Å². The van der Waals surface area contributed by atoms with Crippen molar-refractivity contribution in [3.05, 3.63) is 65.2 Å². The second kappa shape index (κ2) is 10.2. The van der Waals surface area contributed by atoms with Gasteiger partial charge in [0.2, 0.25) is 15.9 Å². The van der Waals surface area contributed by atoms with E-state index in [2.05, 4.69) is 5.32 Å². The normalized spacial score (nSPS) is 11.3. The van der Waals surface area contributed by atoms with E-state index in [4.69, 9.17) is 4.74 Å². The van der Waals surface area contributed by atoms with Gasteiger partial charge in [0.05, 0.1) is 17.0 Å². The van der Waals surface area contributed by atoms with E-state index in [1.165, 1.54) is 43.9 Å². The first-order chi connectivity index (χ1) is 13.7. The number of aryl methyl sites for hydroxylation is 2. The summed E-state index contributed by atoms with van der Waals surface area (Å²) < 4.78 is 30.5. The lowest BCUT2D eigenvalue weighted by molar-refractivity contribution is -0.121. The molecule has 2 aromatic rings. The molecule has 29 heavy (non-hydrogen) atoms. The van der Waals surface area contributed by atoms with Crippen LogP contribution in [0, 0.1) is 6.92 Å². The number of nitrogens with zero attached hydrogens (tertiary/aromatic N) is 1. The molecule has 0 bridgehead atoms. The number of hydrogen-bond donors (Lipinski definition) is 1. The van der Waals surface area contributed by atoms with Crippen LogP contribution in [0.3, 0.4) is 0 Å². The molecular weight excluding hydrogens is 392 g/mol. The molecule has 2 aromatic carbocycles. The van der Waals surface area contributed by atoms with Gasteiger partial charge in [-0.3, -0.25) is 4.79 Å². The van der Waals surface area contributed by atoms with Crippen molar-refractivity contribution in [2.75, 3.05) is 27.2 Å². The number of amides is 1. The fourth-order valence-electron chi connectivity index (χ4n) is 2.51. The summed E-state index contributed by atoms with van der Waals surface area (Å²) in [6.07, 6.45) is 0.987. The molecule has 0 fully saturated rings. The van der Waals surface area contributed by atoms with Crippen LogP contribution in [0.25, 0.3) is 0 Å². The van der Waals surface area contributed by atoms with E-state index in [1.54, 1.807) is 0 Å². The molecule has 0 spiro atoms. The summed E-state index contributed by atoms with van der Waals surface area (Å²) in [5.41, 5.74) is 2.40. The van der Waals surface area contributed by atoms with Crippen molar-refractivity contribution in [2.45, 2.75) is 24.7 Å². The van der Waals surface area contributed by atoms with Crippen LogP contribution in [-0.2, 0) is 26.0 Å². The van der Waals surface area contributed by atoms with Gasteiger partial charge in [-0.2, -0.15) is 0 Å². The Morgan fingerprint density at radius 1 is 1.07 bits per heavy atom. The molecule has 0 heterocycles. The largest absolute Gasteiger partial charge is 0.460 e. The number of sulfonamides is 1. The minimum absolute atomic E-state index is 0.000235. The number of carbonyl (C=O) groups is 2. The van der Waals surface area contributed by atoms with Gasteiger partial charge in [0.1, 0.15) is 6.61 Å². The van der Waals surface area contributed by atoms with Crippen molar-refractivity contribution in [2.24, 2.45) is 0 Å². The minimum atomic E-state index is -3.63. The molecule has 0 saturated heterocycles. The van der Waals surface area contributed by atoms with Crippen molar-refractivity contribution in [1.29, 1.82) is 0 Å². The van der Waals surface area contributed by atoms with Crippen molar-refractivity contribution >= 4 is 21.9 Å². The second-order valence-electron chi connectivity index (χ2n) is 6.79. The summed E-state index contributed by atoms with van der Waals surface area (Å²) in [5, 5.41) is 2.70. The van der Waals surface area contributed by atoms with Crippen molar-refractivity contribution in [1.82, 2.24) is 9.62 Å². The standard InChI is InChI=1S/C21H26N2O5S/c1-16-7-9-17(10-8-16)11-12-20(24)22-13-14-28-21(25)18-5-4-6-19(15-18)29(26,27)23(2)3/h4-10,15H,11-14H2,1-3H3,(H,22,24). The highest BCUT2D eigenvalue weighted by atomic mass is 32.2. The zero-order valence-electron chi connectivity index (χ0n) is 16.8. The van der Waals surface area contributed by atoms with E-state index >= 15 is 0 Å². The Morgan fingerprint density at radius 3 is 2.41 bits per heavy atom. The average molecular weight is 419 g/mol. The minimum Gasteiger partial charge on any atom is -0.460 e. The summed E-state index contributed by atoms with van der Waals surface area (Å²) in [5.74, 6) is -0.768. The van der Waals surface area contributed by atoms with Gasteiger partial charge in [0.15, 0.2) is 0 Å². The quantitative estimate of drug-likeness (QED) is 0.498. The average Bonchev–Trinajstić information content (AvgIpc) is 2.70. The van der Waals surface area contributed by atoms with Crippen LogP contribution < -0.4 is 5.32 Å². The third kappa shape index (κ3) is 6.69. The van der Waals surface area contributed by atoms with Gasteiger partial charge in [-0.25, -0.2) is 17.5 Å². The lowest BCUT2D eigenvalue weighted by atomic mass is 10.1. The maximum Gasteiger partial charge on any atom is 0.338 e. The molecular formula is C21H26N2O5S. The third-order valence-corrected chi connectivity index (χ3v) is 6.08. The van der Waals surface area contributed by atoms with E-state index in [-0.39, 0.29) is 29.5 Å². The van der Waals surface area contributed by atoms with Gasteiger partial charge in [-0.15, -0.1) is 0 Å². The van der Waals surface area contributed by atoms with Crippen molar-refractivity contribution in [3.8, 4) is 0 Å². The third-order valence-electron chi connectivity index (χ3n) is 4.27. The Kier molecular flexibility index (Phi) is 7.92. The molecule has 0 aliphatic heterocycles. The number of rotatable bonds is 9. The molecule has 0 radical (unpaired) electrons. The van der Waals surface area contributed by atoms with Crippen LogP contribution in [0.5, 0.6) is 0 Å². The van der Waals surface area contributed by atoms with E-state index in [0.29, 0.717) is 12.8 Å². The van der Waals surface area contributed by atoms with Crippen LogP contribution in [0.2, 0.25) is 0 Å². The molecule has 0 aromatic heterocycles. The molecule has 0 saturated carbocycles. The molecule has 0 aliphatic carbocycles. The fourth-order valence-corrected chi connectivity index (χ4v) is 3.46.